The van der Waals surface area contributed by atoms with E-state index in [0.29, 0.717) is 0 Å². The largest absolute Gasteiger partial charge is 0.373 e. The first-order valence-electron chi connectivity index (χ1n) is 7.24. The third kappa shape index (κ3) is 2.48. The molecule has 0 unspecified atom stereocenters. The summed E-state index contributed by atoms with van der Waals surface area (Å²) in [7, 11) is 1.93. The predicted molar refractivity (Wildman–Crippen MR) is 84.3 cm³/mol. The van der Waals surface area contributed by atoms with E-state index in [2.05, 4.69) is 46.4 Å². The van der Waals surface area contributed by atoms with E-state index in [1.54, 1.807) is 0 Å². The van der Waals surface area contributed by atoms with Gasteiger partial charge in [-0.1, -0.05) is 23.8 Å². The van der Waals surface area contributed by atoms with Gasteiger partial charge in [0.05, 0.1) is 0 Å². The van der Waals surface area contributed by atoms with Crippen LogP contribution in [0.3, 0.4) is 0 Å². The van der Waals surface area contributed by atoms with E-state index >= 15 is 0 Å². The molecule has 0 saturated heterocycles. The predicted octanol–water partition coefficient (Wildman–Crippen LogP) is 3.38. The highest BCUT2D eigenvalue weighted by Gasteiger charge is 2.17. The minimum absolute atomic E-state index is 0.917. The maximum absolute atomic E-state index is 4.39. The van der Waals surface area contributed by atoms with Crippen LogP contribution in [-0.2, 0) is 13.0 Å². The molecule has 1 aliphatic heterocycles. The Labute approximate surface area is 120 Å². The number of rotatable bonds is 3. The first-order valence-corrected chi connectivity index (χ1v) is 7.24. The molecular formula is C17H21N3. The minimum Gasteiger partial charge on any atom is -0.373 e. The fraction of sp³-hybridized carbons (Fsp3) is 0.353. The summed E-state index contributed by atoms with van der Waals surface area (Å²) in [5.74, 6) is 0.978. The molecule has 0 bridgehead atoms. The highest BCUT2D eigenvalue weighted by molar-refractivity contribution is 5.58. The standard InChI is InChI=1S/C17H21N3/c1-13-7-8-16-14(11-13)6-4-10-20(16)12-15-5-3-9-19-17(15)18-2/h3,5,7-9,11H,4,6,10,12H2,1-2H3,(H,18,19). The van der Waals surface area contributed by atoms with Gasteiger partial charge in [-0.3, -0.25) is 0 Å². The van der Waals surface area contributed by atoms with Gasteiger partial charge in [0, 0.05) is 37.6 Å². The Balaban J connectivity index is 1.89. The van der Waals surface area contributed by atoms with E-state index in [1.807, 2.05) is 19.3 Å². The molecule has 0 aliphatic carbocycles. The Hall–Kier alpha value is -2.03. The Morgan fingerprint density at radius 2 is 2.20 bits per heavy atom. The molecule has 0 saturated carbocycles. The molecule has 3 rings (SSSR count). The van der Waals surface area contributed by atoms with Crippen molar-refractivity contribution < 1.29 is 0 Å². The number of hydrogen-bond acceptors (Lipinski definition) is 3. The Bertz CT molecular complexity index is 607. The van der Waals surface area contributed by atoms with Crippen molar-refractivity contribution in [1.82, 2.24) is 4.98 Å². The van der Waals surface area contributed by atoms with Crippen molar-refractivity contribution in [3.63, 3.8) is 0 Å². The molecule has 0 amide bonds. The first-order chi connectivity index (χ1) is 9.78. The van der Waals surface area contributed by atoms with E-state index < -0.39 is 0 Å². The second-order valence-corrected chi connectivity index (χ2v) is 5.42. The molecule has 2 aromatic rings. The van der Waals surface area contributed by atoms with Gasteiger partial charge in [-0.25, -0.2) is 4.98 Å². The Kier molecular flexibility index (Phi) is 3.59. The summed E-state index contributed by atoms with van der Waals surface area (Å²) >= 11 is 0. The average molecular weight is 267 g/mol. The van der Waals surface area contributed by atoms with Crippen LogP contribution in [0.5, 0.6) is 0 Å². The molecule has 0 atom stereocenters. The third-order valence-electron chi connectivity index (χ3n) is 3.94. The highest BCUT2D eigenvalue weighted by Crippen LogP contribution is 2.30. The van der Waals surface area contributed by atoms with Gasteiger partial charge in [-0.05, 0) is 37.5 Å². The molecule has 1 aromatic heterocycles. The van der Waals surface area contributed by atoms with Gasteiger partial charge in [0.25, 0.3) is 0 Å². The van der Waals surface area contributed by atoms with E-state index in [-0.39, 0.29) is 0 Å². The van der Waals surface area contributed by atoms with Gasteiger partial charge in [0.15, 0.2) is 0 Å². The lowest BCUT2D eigenvalue weighted by atomic mass is 9.99. The molecule has 0 fully saturated rings. The smallest absolute Gasteiger partial charge is 0.130 e. The van der Waals surface area contributed by atoms with Crippen LogP contribution in [-0.4, -0.2) is 18.6 Å². The van der Waals surface area contributed by atoms with Crippen LogP contribution in [0, 0.1) is 6.92 Å². The van der Waals surface area contributed by atoms with Crippen molar-refractivity contribution in [3.05, 3.63) is 53.2 Å². The van der Waals surface area contributed by atoms with Crippen molar-refractivity contribution in [2.45, 2.75) is 26.3 Å². The minimum atomic E-state index is 0.917. The summed E-state index contributed by atoms with van der Waals surface area (Å²) in [6, 6.07) is 11.0. The number of fused-ring (bicyclic) bond motifs is 1. The van der Waals surface area contributed by atoms with Crippen molar-refractivity contribution in [1.29, 1.82) is 0 Å². The van der Waals surface area contributed by atoms with Crippen LogP contribution < -0.4 is 10.2 Å². The van der Waals surface area contributed by atoms with Gasteiger partial charge in [-0.15, -0.1) is 0 Å². The van der Waals surface area contributed by atoms with E-state index in [1.165, 1.54) is 35.2 Å². The van der Waals surface area contributed by atoms with Gasteiger partial charge >= 0.3 is 0 Å². The Morgan fingerprint density at radius 1 is 1.30 bits per heavy atom. The molecule has 0 radical (unpaired) electrons. The molecule has 1 aromatic carbocycles. The maximum atomic E-state index is 4.39. The zero-order valence-corrected chi connectivity index (χ0v) is 12.2. The number of nitrogens with one attached hydrogen (secondary N) is 1. The molecule has 3 heteroatoms. The van der Waals surface area contributed by atoms with Crippen molar-refractivity contribution in [3.8, 4) is 0 Å². The highest BCUT2D eigenvalue weighted by atomic mass is 15.1. The summed E-state index contributed by atoms with van der Waals surface area (Å²) < 4.78 is 0. The number of pyridine rings is 1. The summed E-state index contributed by atoms with van der Waals surface area (Å²) in [6.45, 7) is 4.20. The van der Waals surface area contributed by atoms with Crippen molar-refractivity contribution >= 4 is 11.5 Å². The molecular weight excluding hydrogens is 246 g/mol. The fourth-order valence-electron chi connectivity index (χ4n) is 2.97. The monoisotopic (exact) mass is 267 g/mol. The van der Waals surface area contributed by atoms with Crippen molar-refractivity contribution in [2.24, 2.45) is 0 Å². The first kappa shape index (κ1) is 13.0. The van der Waals surface area contributed by atoms with Crippen LogP contribution in [0.1, 0.15) is 23.1 Å². The number of aromatic nitrogens is 1. The third-order valence-corrected chi connectivity index (χ3v) is 3.94. The average Bonchev–Trinajstić information content (AvgIpc) is 2.47. The van der Waals surface area contributed by atoms with Crippen LogP contribution >= 0.6 is 0 Å². The van der Waals surface area contributed by atoms with Crippen LogP contribution in [0.25, 0.3) is 0 Å². The van der Waals surface area contributed by atoms with E-state index in [9.17, 15) is 0 Å². The maximum Gasteiger partial charge on any atom is 0.130 e. The topological polar surface area (TPSA) is 28.2 Å². The number of aryl methyl sites for hydroxylation is 2. The number of hydrogen-bond donors (Lipinski definition) is 1. The Morgan fingerprint density at radius 3 is 3.05 bits per heavy atom. The lowest BCUT2D eigenvalue weighted by Crippen LogP contribution is -2.29. The molecule has 2 heterocycles. The number of anilines is 2. The van der Waals surface area contributed by atoms with Gasteiger partial charge in [0.1, 0.15) is 5.82 Å². The van der Waals surface area contributed by atoms with Gasteiger partial charge in [-0.2, -0.15) is 0 Å². The van der Waals surface area contributed by atoms with Crippen LogP contribution in [0.15, 0.2) is 36.5 Å². The molecule has 104 valence electrons. The second-order valence-electron chi connectivity index (χ2n) is 5.42. The zero-order valence-electron chi connectivity index (χ0n) is 12.2. The van der Waals surface area contributed by atoms with E-state index in [4.69, 9.17) is 0 Å². The number of nitrogens with zero attached hydrogens (tertiary/aromatic N) is 2. The molecule has 1 N–H and O–H groups in total. The summed E-state index contributed by atoms with van der Waals surface area (Å²) in [5.41, 5.74) is 5.46. The van der Waals surface area contributed by atoms with Gasteiger partial charge < -0.3 is 10.2 Å². The number of benzene rings is 1. The molecule has 20 heavy (non-hydrogen) atoms. The van der Waals surface area contributed by atoms with Gasteiger partial charge in [0.2, 0.25) is 0 Å². The lowest BCUT2D eigenvalue weighted by Gasteiger charge is -2.32. The summed E-state index contributed by atoms with van der Waals surface area (Å²) in [5, 5.41) is 3.18. The lowest BCUT2D eigenvalue weighted by molar-refractivity contribution is 0.690. The van der Waals surface area contributed by atoms with Crippen LogP contribution in [0.4, 0.5) is 11.5 Å². The van der Waals surface area contributed by atoms with Crippen molar-refractivity contribution in [2.75, 3.05) is 23.8 Å². The zero-order chi connectivity index (χ0) is 13.9. The second kappa shape index (κ2) is 5.53. The van der Waals surface area contributed by atoms with E-state index in [0.717, 1.165) is 18.9 Å². The normalized spacial score (nSPS) is 14.0. The summed E-state index contributed by atoms with van der Waals surface area (Å²) in [4.78, 5) is 6.86. The quantitative estimate of drug-likeness (QED) is 0.924. The van der Waals surface area contributed by atoms with Crippen LogP contribution in [0.2, 0.25) is 0 Å². The summed E-state index contributed by atoms with van der Waals surface area (Å²) in [6.07, 6.45) is 4.26. The fourth-order valence-corrected chi connectivity index (χ4v) is 2.97. The molecule has 1 aliphatic rings. The molecule has 3 nitrogen and oxygen atoms in total. The SMILES string of the molecule is CNc1ncccc1CN1CCCc2cc(C)ccc21. The molecule has 0 spiro atoms.